The molecule has 4 aromatic rings. The Morgan fingerprint density at radius 2 is 1.71 bits per heavy atom. The van der Waals surface area contributed by atoms with E-state index < -0.39 is 5.97 Å². The van der Waals surface area contributed by atoms with Crippen LogP contribution in [0.2, 0.25) is 0 Å². The number of nitrogens with zero attached hydrogens (tertiary/aromatic N) is 1. The maximum absolute atomic E-state index is 12.8. The SMILES string of the molecule is Cc1noc(C)c1COc1ccccc1C(=O)OCC(=O)c1ccc2c(c1)-c1ccccc1C2. The highest BCUT2D eigenvalue weighted by Crippen LogP contribution is 2.36. The van der Waals surface area contributed by atoms with Crippen LogP contribution >= 0.6 is 0 Å². The monoisotopic (exact) mass is 453 g/mol. The highest BCUT2D eigenvalue weighted by Gasteiger charge is 2.21. The Kier molecular flexibility index (Phi) is 5.72. The van der Waals surface area contributed by atoms with E-state index in [0.717, 1.165) is 28.8 Å². The first-order valence-electron chi connectivity index (χ1n) is 11.1. The van der Waals surface area contributed by atoms with Crippen molar-refractivity contribution in [3.05, 3.63) is 106 Å². The second-order valence-corrected chi connectivity index (χ2v) is 8.29. The third kappa shape index (κ3) is 4.10. The van der Waals surface area contributed by atoms with E-state index in [-0.39, 0.29) is 24.6 Å². The minimum Gasteiger partial charge on any atom is -0.488 e. The summed E-state index contributed by atoms with van der Waals surface area (Å²) in [5.74, 6) is 0.165. The predicted octanol–water partition coefficient (Wildman–Crippen LogP) is 5.48. The molecule has 0 saturated heterocycles. The van der Waals surface area contributed by atoms with E-state index in [1.807, 2.05) is 38.1 Å². The van der Waals surface area contributed by atoms with Crippen LogP contribution in [0.3, 0.4) is 0 Å². The summed E-state index contributed by atoms with van der Waals surface area (Å²) in [6.07, 6.45) is 0.861. The molecule has 170 valence electrons. The molecule has 0 unspecified atom stereocenters. The molecule has 0 N–H and O–H groups in total. The van der Waals surface area contributed by atoms with Gasteiger partial charge in [-0.2, -0.15) is 0 Å². The topological polar surface area (TPSA) is 78.6 Å². The van der Waals surface area contributed by atoms with Crippen molar-refractivity contribution < 1.29 is 23.6 Å². The van der Waals surface area contributed by atoms with Gasteiger partial charge in [0.15, 0.2) is 12.4 Å². The molecule has 0 radical (unpaired) electrons. The molecule has 1 aliphatic rings. The van der Waals surface area contributed by atoms with E-state index in [1.54, 1.807) is 30.3 Å². The number of hydrogen-bond donors (Lipinski definition) is 0. The molecule has 0 spiro atoms. The van der Waals surface area contributed by atoms with Crippen molar-refractivity contribution >= 4 is 11.8 Å². The number of ether oxygens (including phenoxy) is 2. The maximum Gasteiger partial charge on any atom is 0.342 e. The summed E-state index contributed by atoms with van der Waals surface area (Å²) in [6, 6.07) is 20.6. The second kappa shape index (κ2) is 8.98. The van der Waals surface area contributed by atoms with Crippen molar-refractivity contribution in [3.8, 4) is 16.9 Å². The van der Waals surface area contributed by atoms with E-state index in [4.69, 9.17) is 14.0 Å². The molecule has 6 heteroatoms. The zero-order valence-electron chi connectivity index (χ0n) is 19.0. The van der Waals surface area contributed by atoms with E-state index in [2.05, 4.69) is 17.3 Å². The zero-order chi connectivity index (χ0) is 23.7. The summed E-state index contributed by atoms with van der Waals surface area (Å²) < 4.78 is 16.4. The van der Waals surface area contributed by atoms with Gasteiger partial charge in [-0.3, -0.25) is 4.79 Å². The van der Waals surface area contributed by atoms with Crippen LogP contribution in [0.1, 0.15) is 48.9 Å². The molecule has 1 aromatic heterocycles. The van der Waals surface area contributed by atoms with Gasteiger partial charge in [0.2, 0.25) is 0 Å². The van der Waals surface area contributed by atoms with E-state index >= 15 is 0 Å². The first-order valence-corrected chi connectivity index (χ1v) is 11.1. The largest absolute Gasteiger partial charge is 0.488 e. The lowest BCUT2D eigenvalue weighted by molar-refractivity contribution is 0.0470. The van der Waals surface area contributed by atoms with Crippen LogP contribution in [0.4, 0.5) is 0 Å². The zero-order valence-corrected chi connectivity index (χ0v) is 19.0. The van der Waals surface area contributed by atoms with E-state index in [0.29, 0.717) is 17.1 Å². The van der Waals surface area contributed by atoms with Gasteiger partial charge in [-0.15, -0.1) is 0 Å². The number of ketones is 1. The molecule has 0 fully saturated rings. The Morgan fingerprint density at radius 3 is 2.53 bits per heavy atom. The van der Waals surface area contributed by atoms with Crippen LogP contribution in [-0.2, 0) is 17.8 Å². The lowest BCUT2D eigenvalue weighted by atomic mass is 10.0. The van der Waals surface area contributed by atoms with Crippen molar-refractivity contribution in [3.63, 3.8) is 0 Å². The predicted molar refractivity (Wildman–Crippen MR) is 126 cm³/mol. The van der Waals surface area contributed by atoms with Crippen molar-refractivity contribution in [2.75, 3.05) is 6.61 Å². The first kappa shape index (κ1) is 21.6. The van der Waals surface area contributed by atoms with Crippen molar-refractivity contribution in [1.82, 2.24) is 5.16 Å². The number of carbonyl (C=O) groups is 2. The number of para-hydroxylation sites is 1. The maximum atomic E-state index is 12.8. The van der Waals surface area contributed by atoms with Gasteiger partial charge in [-0.1, -0.05) is 53.7 Å². The van der Waals surface area contributed by atoms with E-state index in [1.165, 1.54) is 11.1 Å². The molecule has 0 amide bonds. The number of aryl methyl sites for hydroxylation is 2. The normalized spacial score (nSPS) is 11.6. The average molecular weight is 453 g/mol. The smallest absolute Gasteiger partial charge is 0.342 e. The van der Waals surface area contributed by atoms with Crippen molar-refractivity contribution in [2.24, 2.45) is 0 Å². The van der Waals surface area contributed by atoms with Crippen LogP contribution < -0.4 is 4.74 Å². The number of rotatable bonds is 7. The highest BCUT2D eigenvalue weighted by atomic mass is 16.5. The minimum absolute atomic E-state index is 0.209. The first-order chi connectivity index (χ1) is 16.5. The third-order valence-corrected chi connectivity index (χ3v) is 6.11. The number of carbonyl (C=O) groups excluding carboxylic acids is 2. The standard InChI is InChI=1S/C28H23NO5/c1-17-25(18(2)34-29-17)15-32-27-10-6-5-9-23(27)28(31)33-16-26(30)21-12-11-20-13-19-7-3-4-8-22(19)24(20)14-21/h3-12,14H,13,15-16H2,1-2H3. The fourth-order valence-electron chi connectivity index (χ4n) is 4.21. The summed E-state index contributed by atoms with van der Waals surface area (Å²) in [5.41, 5.74) is 6.99. The number of Topliss-reactive ketones (excluding diaryl/α,β-unsaturated/α-hetero) is 1. The summed E-state index contributed by atoms with van der Waals surface area (Å²) in [7, 11) is 0. The molecule has 34 heavy (non-hydrogen) atoms. The van der Waals surface area contributed by atoms with Gasteiger partial charge < -0.3 is 14.0 Å². The molecular weight excluding hydrogens is 430 g/mol. The summed E-state index contributed by atoms with van der Waals surface area (Å²) in [4.78, 5) is 25.6. The number of hydrogen-bond acceptors (Lipinski definition) is 6. The lowest BCUT2D eigenvalue weighted by Gasteiger charge is -2.11. The average Bonchev–Trinajstić information content (AvgIpc) is 3.39. The number of benzene rings is 3. The van der Waals surface area contributed by atoms with Gasteiger partial charge in [0.1, 0.15) is 23.7 Å². The van der Waals surface area contributed by atoms with Gasteiger partial charge in [0, 0.05) is 5.56 Å². The molecule has 0 aliphatic heterocycles. The fourth-order valence-corrected chi connectivity index (χ4v) is 4.21. The van der Waals surface area contributed by atoms with Crippen LogP contribution in [0.15, 0.2) is 71.3 Å². The van der Waals surface area contributed by atoms with E-state index in [9.17, 15) is 9.59 Å². The van der Waals surface area contributed by atoms with Gasteiger partial charge in [-0.25, -0.2) is 4.79 Å². The number of aromatic nitrogens is 1. The number of esters is 1. The summed E-state index contributed by atoms with van der Waals surface area (Å²) >= 11 is 0. The molecule has 1 heterocycles. The molecule has 5 rings (SSSR count). The lowest BCUT2D eigenvalue weighted by Crippen LogP contribution is -2.15. The third-order valence-electron chi connectivity index (χ3n) is 6.11. The molecule has 0 bridgehead atoms. The molecule has 6 nitrogen and oxygen atoms in total. The molecule has 1 aliphatic carbocycles. The van der Waals surface area contributed by atoms with Gasteiger partial charge >= 0.3 is 5.97 Å². The molecular formula is C28H23NO5. The second-order valence-electron chi connectivity index (χ2n) is 8.29. The van der Waals surface area contributed by atoms with Gasteiger partial charge in [0.05, 0.1) is 11.3 Å². The molecule has 0 saturated carbocycles. The van der Waals surface area contributed by atoms with Crippen molar-refractivity contribution in [1.29, 1.82) is 0 Å². The summed E-state index contributed by atoms with van der Waals surface area (Å²) in [5, 5.41) is 3.91. The quantitative estimate of drug-likeness (QED) is 0.240. The van der Waals surface area contributed by atoms with Crippen LogP contribution in [0.5, 0.6) is 5.75 Å². The van der Waals surface area contributed by atoms with Crippen molar-refractivity contribution in [2.45, 2.75) is 26.9 Å². The van der Waals surface area contributed by atoms with Crippen LogP contribution in [0, 0.1) is 13.8 Å². The Bertz CT molecular complexity index is 1380. The fraction of sp³-hybridized carbons (Fsp3) is 0.179. The Labute approximate surface area is 197 Å². The number of fused-ring (bicyclic) bond motifs is 3. The van der Waals surface area contributed by atoms with Gasteiger partial charge in [-0.05, 0) is 60.7 Å². The Balaban J connectivity index is 1.26. The molecule has 0 atom stereocenters. The van der Waals surface area contributed by atoms with Crippen LogP contribution in [-0.4, -0.2) is 23.5 Å². The van der Waals surface area contributed by atoms with Gasteiger partial charge in [0.25, 0.3) is 0 Å². The highest BCUT2D eigenvalue weighted by molar-refractivity contribution is 6.01. The van der Waals surface area contributed by atoms with Crippen LogP contribution in [0.25, 0.3) is 11.1 Å². The Morgan fingerprint density at radius 1 is 0.941 bits per heavy atom. The molecule has 3 aromatic carbocycles. The Hall–Kier alpha value is -4.19. The minimum atomic E-state index is -0.616. The summed E-state index contributed by atoms with van der Waals surface area (Å²) in [6.45, 7) is 3.50.